The summed E-state index contributed by atoms with van der Waals surface area (Å²) >= 11 is 0. The van der Waals surface area contributed by atoms with E-state index in [1.165, 1.54) is 0 Å². The Morgan fingerprint density at radius 3 is 2.64 bits per heavy atom. The molecule has 0 aromatic heterocycles. The van der Waals surface area contributed by atoms with E-state index < -0.39 is 5.97 Å². The Balaban J connectivity index is 2.00. The van der Waals surface area contributed by atoms with E-state index in [2.05, 4.69) is 18.2 Å². The normalized spacial score (nSPS) is 13.9. The summed E-state index contributed by atoms with van der Waals surface area (Å²) in [6.45, 7) is 2.12. The van der Waals surface area contributed by atoms with Crippen LogP contribution in [0.15, 0.2) is 65.8 Å². The van der Waals surface area contributed by atoms with E-state index in [0.29, 0.717) is 12.2 Å². The highest BCUT2D eigenvalue weighted by molar-refractivity contribution is 5.81. The molecule has 110 valence electrons. The average molecular weight is 291 g/mol. The fourth-order valence-corrected chi connectivity index (χ4v) is 2.48. The summed E-state index contributed by atoms with van der Waals surface area (Å²) < 4.78 is 5.71. The van der Waals surface area contributed by atoms with Gasteiger partial charge in [-0.1, -0.05) is 36.4 Å². The van der Waals surface area contributed by atoms with Gasteiger partial charge in [0.2, 0.25) is 0 Å². The van der Waals surface area contributed by atoms with Gasteiger partial charge < -0.3 is 14.6 Å². The highest BCUT2D eigenvalue weighted by Crippen LogP contribution is 2.32. The number of hydrogen-bond acceptors (Lipinski definition) is 3. The second-order valence-electron chi connectivity index (χ2n) is 5.22. The first kappa shape index (κ1) is 14.1. The molecule has 0 fully saturated rings. The van der Waals surface area contributed by atoms with E-state index in [1.807, 2.05) is 36.4 Å². The maximum Gasteiger partial charge on any atom is 0.127 e. The van der Waals surface area contributed by atoms with Gasteiger partial charge in [-0.2, -0.15) is 0 Å². The standard InChI is InChI=1S/C19H16O3/c1-13(9-19(20)21)17-11-16-10-15(7-8-18(16)22-12-17)14-5-3-2-4-6-14/h2-11H,12H2,1H3,(H,20,21)/p-1/b13-9-. The number of carboxylic acids is 1. The molecule has 0 saturated heterocycles. The summed E-state index contributed by atoms with van der Waals surface area (Å²) in [4.78, 5) is 10.7. The van der Waals surface area contributed by atoms with Gasteiger partial charge in [0.1, 0.15) is 12.4 Å². The third-order valence-electron chi connectivity index (χ3n) is 3.67. The van der Waals surface area contributed by atoms with Crippen LogP contribution in [0.3, 0.4) is 0 Å². The molecule has 0 aliphatic carbocycles. The molecule has 0 N–H and O–H groups in total. The van der Waals surface area contributed by atoms with Crippen molar-refractivity contribution in [3.05, 3.63) is 71.3 Å². The molecular formula is C19H15O3-. The van der Waals surface area contributed by atoms with Crippen LogP contribution < -0.4 is 9.84 Å². The van der Waals surface area contributed by atoms with Crippen molar-refractivity contribution in [1.29, 1.82) is 0 Å². The van der Waals surface area contributed by atoms with Gasteiger partial charge in [0, 0.05) is 5.56 Å². The summed E-state index contributed by atoms with van der Waals surface area (Å²) in [5.74, 6) is -0.382. The maximum absolute atomic E-state index is 10.7. The van der Waals surface area contributed by atoms with Crippen molar-refractivity contribution >= 4 is 12.0 Å². The van der Waals surface area contributed by atoms with Gasteiger partial charge in [0.05, 0.1) is 5.97 Å². The van der Waals surface area contributed by atoms with E-state index in [0.717, 1.165) is 34.1 Å². The van der Waals surface area contributed by atoms with Crippen LogP contribution in [0, 0.1) is 0 Å². The summed E-state index contributed by atoms with van der Waals surface area (Å²) in [6.07, 6.45) is 3.07. The zero-order valence-corrected chi connectivity index (χ0v) is 12.2. The van der Waals surface area contributed by atoms with E-state index >= 15 is 0 Å². The third-order valence-corrected chi connectivity index (χ3v) is 3.67. The topological polar surface area (TPSA) is 49.4 Å². The first-order chi connectivity index (χ1) is 10.6. The van der Waals surface area contributed by atoms with Crippen LogP contribution in [0.2, 0.25) is 0 Å². The highest BCUT2D eigenvalue weighted by Gasteiger charge is 2.13. The minimum Gasteiger partial charge on any atom is -0.545 e. The van der Waals surface area contributed by atoms with Crippen molar-refractivity contribution in [3.63, 3.8) is 0 Å². The molecule has 1 aliphatic rings. The lowest BCUT2D eigenvalue weighted by atomic mass is 9.98. The van der Waals surface area contributed by atoms with E-state index in [-0.39, 0.29) is 0 Å². The Morgan fingerprint density at radius 1 is 1.14 bits per heavy atom. The van der Waals surface area contributed by atoms with Crippen LogP contribution in [0.4, 0.5) is 0 Å². The molecule has 2 aromatic carbocycles. The molecule has 0 unspecified atom stereocenters. The largest absolute Gasteiger partial charge is 0.545 e. The Morgan fingerprint density at radius 2 is 1.91 bits per heavy atom. The molecule has 0 radical (unpaired) electrons. The average Bonchev–Trinajstić information content (AvgIpc) is 2.54. The van der Waals surface area contributed by atoms with Gasteiger partial charge in [-0.3, -0.25) is 0 Å². The van der Waals surface area contributed by atoms with Crippen molar-refractivity contribution < 1.29 is 14.6 Å². The second kappa shape index (κ2) is 5.90. The molecule has 0 atom stereocenters. The number of carbonyl (C=O) groups excluding carboxylic acids is 1. The van der Waals surface area contributed by atoms with Gasteiger partial charge in [-0.25, -0.2) is 0 Å². The molecule has 22 heavy (non-hydrogen) atoms. The van der Waals surface area contributed by atoms with Crippen LogP contribution in [0.1, 0.15) is 12.5 Å². The minimum atomic E-state index is -1.19. The van der Waals surface area contributed by atoms with Crippen LogP contribution in [-0.4, -0.2) is 12.6 Å². The van der Waals surface area contributed by atoms with Crippen LogP contribution >= 0.6 is 0 Å². The molecular weight excluding hydrogens is 276 g/mol. The number of benzene rings is 2. The van der Waals surface area contributed by atoms with Crippen LogP contribution in [-0.2, 0) is 4.79 Å². The quantitative estimate of drug-likeness (QED) is 0.817. The SMILES string of the molecule is C/C(=C/C(=O)[O-])C1=Cc2cc(-c3ccccc3)ccc2OC1. The Kier molecular flexibility index (Phi) is 3.79. The van der Waals surface area contributed by atoms with Crippen molar-refractivity contribution in [2.24, 2.45) is 0 Å². The molecule has 0 saturated carbocycles. The highest BCUT2D eigenvalue weighted by atomic mass is 16.5. The monoisotopic (exact) mass is 291 g/mol. The number of carbonyl (C=O) groups is 1. The molecule has 3 heteroatoms. The molecule has 0 amide bonds. The Bertz CT molecular complexity index is 771. The van der Waals surface area contributed by atoms with Gasteiger partial charge in [-0.15, -0.1) is 0 Å². The second-order valence-corrected chi connectivity index (χ2v) is 5.22. The van der Waals surface area contributed by atoms with Crippen LogP contribution in [0.25, 0.3) is 17.2 Å². The number of aliphatic carboxylic acids is 1. The van der Waals surface area contributed by atoms with Gasteiger partial charge in [0.15, 0.2) is 0 Å². The van der Waals surface area contributed by atoms with E-state index in [4.69, 9.17) is 4.74 Å². The van der Waals surface area contributed by atoms with E-state index in [1.54, 1.807) is 6.92 Å². The molecule has 0 spiro atoms. The molecule has 1 heterocycles. The first-order valence-corrected chi connectivity index (χ1v) is 7.06. The molecule has 3 rings (SSSR count). The Labute approximate surface area is 129 Å². The lowest BCUT2D eigenvalue weighted by Crippen LogP contribution is -2.20. The summed E-state index contributed by atoms with van der Waals surface area (Å²) in [5, 5.41) is 10.7. The van der Waals surface area contributed by atoms with Crippen molar-refractivity contribution in [2.45, 2.75) is 6.92 Å². The summed E-state index contributed by atoms with van der Waals surface area (Å²) in [7, 11) is 0. The molecule has 0 bridgehead atoms. The molecule has 1 aliphatic heterocycles. The van der Waals surface area contributed by atoms with E-state index in [9.17, 15) is 9.90 Å². The van der Waals surface area contributed by atoms with Crippen LogP contribution in [0.5, 0.6) is 5.75 Å². The zero-order chi connectivity index (χ0) is 15.5. The number of rotatable bonds is 3. The lowest BCUT2D eigenvalue weighted by molar-refractivity contribution is -0.297. The number of hydrogen-bond donors (Lipinski definition) is 0. The summed E-state index contributed by atoms with van der Waals surface area (Å²) in [5.41, 5.74) is 4.68. The number of fused-ring (bicyclic) bond motifs is 1. The molecule has 2 aromatic rings. The maximum atomic E-state index is 10.7. The number of ether oxygens (including phenoxy) is 1. The zero-order valence-electron chi connectivity index (χ0n) is 12.2. The lowest BCUT2D eigenvalue weighted by Gasteiger charge is -2.19. The third kappa shape index (κ3) is 2.93. The fourth-order valence-electron chi connectivity index (χ4n) is 2.48. The Hall–Kier alpha value is -2.81. The van der Waals surface area contributed by atoms with Gasteiger partial charge in [-0.05, 0) is 53.5 Å². The summed E-state index contributed by atoms with van der Waals surface area (Å²) in [6, 6.07) is 16.1. The number of carboxylic acid groups (broad SMARTS) is 1. The smallest absolute Gasteiger partial charge is 0.127 e. The first-order valence-electron chi connectivity index (χ1n) is 7.06. The van der Waals surface area contributed by atoms with Crippen molar-refractivity contribution in [2.75, 3.05) is 6.61 Å². The van der Waals surface area contributed by atoms with Gasteiger partial charge >= 0.3 is 0 Å². The fraction of sp³-hybridized carbons (Fsp3) is 0.105. The predicted molar refractivity (Wildman–Crippen MR) is 84.1 cm³/mol. The van der Waals surface area contributed by atoms with Crippen molar-refractivity contribution in [3.8, 4) is 16.9 Å². The van der Waals surface area contributed by atoms with Gasteiger partial charge in [0.25, 0.3) is 0 Å². The van der Waals surface area contributed by atoms with Crippen molar-refractivity contribution in [1.82, 2.24) is 0 Å². The predicted octanol–water partition coefficient (Wildman–Crippen LogP) is 2.83. The minimum absolute atomic E-state index is 0.368. The molecule has 3 nitrogen and oxygen atoms in total.